The van der Waals surface area contributed by atoms with E-state index in [-0.39, 0.29) is 23.4 Å². The lowest BCUT2D eigenvalue weighted by Crippen LogP contribution is -2.31. The van der Waals surface area contributed by atoms with Gasteiger partial charge in [-0.1, -0.05) is 47.6 Å². The second-order valence-electron chi connectivity index (χ2n) is 7.03. The molecule has 0 bridgehead atoms. The minimum atomic E-state index is -0.291. The first-order valence-corrected chi connectivity index (χ1v) is 9.33. The van der Waals surface area contributed by atoms with Gasteiger partial charge in [-0.15, -0.1) is 0 Å². The zero-order valence-corrected chi connectivity index (χ0v) is 15.1. The van der Waals surface area contributed by atoms with Crippen molar-refractivity contribution < 1.29 is 13.7 Å². The molecule has 0 aliphatic heterocycles. The van der Waals surface area contributed by atoms with Crippen LogP contribution < -0.4 is 11.1 Å². The van der Waals surface area contributed by atoms with Crippen LogP contribution in [0.15, 0.2) is 63.7 Å². The van der Waals surface area contributed by atoms with E-state index in [0.29, 0.717) is 16.8 Å². The highest BCUT2D eigenvalue weighted by Crippen LogP contribution is 2.35. The standard InChI is InChI=1S/C22H19N3O3/c23-21-19(20(25-28-21)16-12-27-18-11-4-3-9-15(16)18)22(26)24-17-10-5-7-13-6-1-2-8-14(13)17/h1-4,6,8-9,11-12,17H,5,7,10,23H2,(H,24,26). The lowest BCUT2D eigenvalue weighted by Gasteiger charge is -2.26. The van der Waals surface area contributed by atoms with Crippen LogP contribution in [-0.2, 0) is 6.42 Å². The summed E-state index contributed by atoms with van der Waals surface area (Å²) in [6.45, 7) is 0. The fourth-order valence-electron chi connectivity index (χ4n) is 4.00. The smallest absolute Gasteiger partial charge is 0.259 e. The van der Waals surface area contributed by atoms with Crippen LogP contribution in [-0.4, -0.2) is 11.1 Å². The summed E-state index contributed by atoms with van der Waals surface area (Å²) < 4.78 is 10.8. The summed E-state index contributed by atoms with van der Waals surface area (Å²) in [5.41, 5.74) is 10.4. The molecule has 6 nitrogen and oxygen atoms in total. The lowest BCUT2D eigenvalue weighted by molar-refractivity contribution is 0.0934. The summed E-state index contributed by atoms with van der Waals surface area (Å²) in [5, 5.41) is 8.02. The van der Waals surface area contributed by atoms with E-state index >= 15 is 0 Å². The maximum atomic E-state index is 13.1. The molecule has 0 saturated heterocycles. The Morgan fingerprint density at radius 2 is 1.96 bits per heavy atom. The fourth-order valence-corrected chi connectivity index (χ4v) is 4.00. The molecule has 1 amide bonds. The molecule has 2 heterocycles. The lowest BCUT2D eigenvalue weighted by atomic mass is 9.87. The van der Waals surface area contributed by atoms with Crippen LogP contribution >= 0.6 is 0 Å². The Morgan fingerprint density at radius 3 is 2.89 bits per heavy atom. The summed E-state index contributed by atoms with van der Waals surface area (Å²) in [6, 6.07) is 15.7. The number of benzene rings is 2. The third kappa shape index (κ3) is 2.65. The fraction of sp³-hybridized carbons (Fsp3) is 0.182. The number of carbonyl (C=O) groups excluding carboxylic acids is 1. The first-order valence-electron chi connectivity index (χ1n) is 9.33. The van der Waals surface area contributed by atoms with Crippen LogP contribution in [0.2, 0.25) is 0 Å². The van der Waals surface area contributed by atoms with Crippen molar-refractivity contribution in [2.24, 2.45) is 0 Å². The van der Waals surface area contributed by atoms with Crippen molar-refractivity contribution in [1.29, 1.82) is 0 Å². The average Bonchev–Trinajstić information content (AvgIpc) is 3.31. The van der Waals surface area contributed by atoms with Crippen molar-refractivity contribution in [2.75, 3.05) is 5.73 Å². The summed E-state index contributed by atoms with van der Waals surface area (Å²) in [4.78, 5) is 13.1. The Kier molecular flexibility index (Phi) is 3.90. The molecule has 2 aromatic heterocycles. The van der Waals surface area contributed by atoms with E-state index < -0.39 is 0 Å². The number of para-hydroxylation sites is 1. The van der Waals surface area contributed by atoms with Gasteiger partial charge in [0.2, 0.25) is 5.88 Å². The van der Waals surface area contributed by atoms with E-state index in [2.05, 4.69) is 22.6 Å². The first-order chi connectivity index (χ1) is 13.7. The second-order valence-corrected chi connectivity index (χ2v) is 7.03. The van der Waals surface area contributed by atoms with Gasteiger partial charge in [0.1, 0.15) is 23.1 Å². The SMILES string of the molecule is Nc1onc(-c2coc3ccccc23)c1C(=O)NC1CCCc2ccccc21. The molecule has 28 heavy (non-hydrogen) atoms. The third-order valence-corrected chi connectivity index (χ3v) is 5.36. The van der Waals surface area contributed by atoms with Crippen LogP contribution in [0.5, 0.6) is 0 Å². The Labute approximate surface area is 161 Å². The predicted molar refractivity (Wildman–Crippen MR) is 106 cm³/mol. The molecule has 140 valence electrons. The Morgan fingerprint density at radius 1 is 1.14 bits per heavy atom. The van der Waals surface area contributed by atoms with Gasteiger partial charge in [-0.3, -0.25) is 4.79 Å². The van der Waals surface area contributed by atoms with Crippen LogP contribution in [0.25, 0.3) is 22.2 Å². The van der Waals surface area contributed by atoms with Crippen molar-refractivity contribution in [3.8, 4) is 11.3 Å². The maximum absolute atomic E-state index is 13.1. The molecule has 0 spiro atoms. The van der Waals surface area contributed by atoms with Crippen LogP contribution in [0.3, 0.4) is 0 Å². The molecule has 1 unspecified atom stereocenters. The highest BCUT2D eigenvalue weighted by atomic mass is 16.5. The maximum Gasteiger partial charge on any atom is 0.259 e. The molecule has 2 aromatic carbocycles. The largest absolute Gasteiger partial charge is 0.464 e. The average molecular weight is 373 g/mol. The Bertz CT molecular complexity index is 1170. The summed E-state index contributed by atoms with van der Waals surface area (Å²) >= 11 is 0. The van der Waals surface area contributed by atoms with Gasteiger partial charge in [0.15, 0.2) is 0 Å². The molecule has 3 N–H and O–H groups in total. The number of rotatable bonds is 3. The molecule has 1 aliphatic carbocycles. The van der Waals surface area contributed by atoms with E-state index in [0.717, 1.165) is 30.2 Å². The van der Waals surface area contributed by atoms with E-state index in [9.17, 15) is 4.79 Å². The Balaban J connectivity index is 1.51. The highest BCUT2D eigenvalue weighted by Gasteiger charge is 2.28. The summed E-state index contributed by atoms with van der Waals surface area (Å²) in [6.07, 6.45) is 4.52. The molecule has 6 heteroatoms. The van der Waals surface area contributed by atoms with Gasteiger partial charge in [0.25, 0.3) is 5.91 Å². The number of hydrogen-bond acceptors (Lipinski definition) is 5. The van der Waals surface area contributed by atoms with Crippen molar-refractivity contribution in [2.45, 2.75) is 25.3 Å². The molecule has 1 atom stereocenters. The zero-order chi connectivity index (χ0) is 19.1. The van der Waals surface area contributed by atoms with E-state index in [1.807, 2.05) is 36.4 Å². The van der Waals surface area contributed by atoms with Gasteiger partial charge in [-0.2, -0.15) is 0 Å². The minimum absolute atomic E-state index is 0.00174. The van der Waals surface area contributed by atoms with Crippen molar-refractivity contribution in [3.63, 3.8) is 0 Å². The quantitative estimate of drug-likeness (QED) is 0.552. The van der Waals surface area contributed by atoms with Crippen molar-refractivity contribution in [3.05, 3.63) is 71.5 Å². The number of furan rings is 1. The summed E-state index contributed by atoms with van der Waals surface area (Å²) in [7, 11) is 0. The number of carbonyl (C=O) groups is 1. The summed E-state index contributed by atoms with van der Waals surface area (Å²) in [5.74, 6) is -0.289. The van der Waals surface area contributed by atoms with Crippen LogP contribution in [0, 0.1) is 0 Å². The van der Waals surface area contributed by atoms with Crippen LogP contribution in [0.1, 0.15) is 40.4 Å². The molecule has 4 aromatic rings. The number of nitrogens with one attached hydrogen (secondary N) is 1. The number of fused-ring (bicyclic) bond motifs is 2. The van der Waals surface area contributed by atoms with Gasteiger partial charge >= 0.3 is 0 Å². The number of amides is 1. The van der Waals surface area contributed by atoms with E-state index in [1.54, 1.807) is 6.26 Å². The number of aromatic nitrogens is 1. The monoisotopic (exact) mass is 373 g/mol. The number of nitrogens with two attached hydrogens (primary N) is 1. The van der Waals surface area contributed by atoms with Gasteiger partial charge in [-0.05, 0) is 36.5 Å². The topological polar surface area (TPSA) is 94.3 Å². The zero-order valence-electron chi connectivity index (χ0n) is 15.1. The van der Waals surface area contributed by atoms with E-state index in [4.69, 9.17) is 14.7 Å². The number of aryl methyl sites for hydroxylation is 1. The molecular weight excluding hydrogens is 354 g/mol. The van der Waals surface area contributed by atoms with Crippen LogP contribution in [0.4, 0.5) is 5.88 Å². The number of hydrogen-bond donors (Lipinski definition) is 2. The highest BCUT2D eigenvalue weighted by molar-refractivity contribution is 6.07. The second kappa shape index (κ2) is 6.56. The molecule has 0 saturated carbocycles. The normalized spacial score (nSPS) is 16.1. The molecule has 1 aliphatic rings. The van der Waals surface area contributed by atoms with Gasteiger partial charge < -0.3 is 20.0 Å². The molecule has 5 rings (SSSR count). The van der Waals surface area contributed by atoms with Gasteiger partial charge in [0.05, 0.1) is 11.6 Å². The molecule has 0 radical (unpaired) electrons. The van der Waals surface area contributed by atoms with Gasteiger partial charge in [0, 0.05) is 5.39 Å². The first kappa shape index (κ1) is 16.6. The number of anilines is 1. The van der Waals surface area contributed by atoms with Crippen molar-refractivity contribution in [1.82, 2.24) is 10.5 Å². The molecular formula is C22H19N3O3. The Hall–Kier alpha value is -3.54. The number of nitrogen functional groups attached to an aromatic ring is 1. The minimum Gasteiger partial charge on any atom is -0.464 e. The molecule has 0 fully saturated rings. The third-order valence-electron chi connectivity index (χ3n) is 5.36. The van der Waals surface area contributed by atoms with Crippen molar-refractivity contribution >= 4 is 22.8 Å². The van der Waals surface area contributed by atoms with E-state index in [1.165, 1.54) is 5.56 Å². The number of nitrogens with zero attached hydrogens (tertiary/aromatic N) is 1. The predicted octanol–water partition coefficient (Wildman–Crippen LogP) is 4.48. The van der Waals surface area contributed by atoms with Gasteiger partial charge in [-0.25, -0.2) is 0 Å².